The average Bonchev–Trinajstić information content (AvgIpc) is 2.91. The quantitative estimate of drug-likeness (QED) is 0.551. The van der Waals surface area contributed by atoms with Crippen LogP contribution in [0.25, 0.3) is 11.3 Å². The summed E-state index contributed by atoms with van der Waals surface area (Å²) in [6, 6.07) is 16.9. The number of rotatable bonds is 4. The molecule has 2 fully saturated rings. The number of hydrogen-bond donors (Lipinski definition) is 0. The van der Waals surface area contributed by atoms with E-state index in [2.05, 4.69) is 19.8 Å². The molecule has 0 spiro atoms. The second-order valence-corrected chi connectivity index (χ2v) is 9.21. The number of aromatic nitrogens is 2. The molecule has 5 rings (SSSR count). The largest absolute Gasteiger partial charge is 0.368 e. The zero-order chi connectivity index (χ0) is 23.5. The van der Waals surface area contributed by atoms with Gasteiger partial charge in [0.1, 0.15) is 18.0 Å². The second kappa shape index (κ2) is 9.97. The molecule has 1 amide bonds. The number of carbonyl (C=O) groups excluding carboxylic acids is 1. The fourth-order valence-corrected chi connectivity index (χ4v) is 4.94. The average molecular weight is 480 g/mol. The molecule has 1 aromatic heterocycles. The molecule has 8 heteroatoms. The first-order valence-electron chi connectivity index (χ1n) is 11.7. The van der Waals surface area contributed by atoms with Gasteiger partial charge in [0.25, 0.3) is 0 Å². The molecular formula is C26H27ClFN5O. The maximum absolute atomic E-state index is 13.5. The van der Waals surface area contributed by atoms with Crippen molar-refractivity contribution in [2.24, 2.45) is 5.92 Å². The Balaban J connectivity index is 1.15. The molecule has 0 atom stereocenters. The Hall–Kier alpha value is -3.19. The molecule has 3 heterocycles. The highest BCUT2D eigenvalue weighted by Gasteiger charge is 2.31. The number of piperazine rings is 1. The van der Waals surface area contributed by atoms with Crippen LogP contribution in [0, 0.1) is 11.7 Å². The molecule has 2 aromatic carbocycles. The number of halogens is 2. The standard InChI is InChI=1S/C26H27ClFN5O/c27-22-16-21(6-7-23(22)28)31-12-14-33(15-13-31)26(34)20-8-10-32(11-9-20)25-17-24(29-18-30-25)19-4-2-1-3-5-19/h1-7,16-18,20H,8-15H2. The fraction of sp³-hybridized carbons (Fsp3) is 0.346. The predicted octanol–water partition coefficient (Wildman–Crippen LogP) is 4.50. The lowest BCUT2D eigenvalue weighted by atomic mass is 9.95. The van der Waals surface area contributed by atoms with Gasteiger partial charge in [-0.1, -0.05) is 41.9 Å². The van der Waals surface area contributed by atoms with Crippen LogP contribution in [0.2, 0.25) is 5.02 Å². The Labute approximate surface area is 204 Å². The number of carbonyl (C=O) groups is 1. The summed E-state index contributed by atoms with van der Waals surface area (Å²) in [4.78, 5) is 28.4. The Kier molecular flexibility index (Phi) is 6.63. The van der Waals surface area contributed by atoms with E-state index in [0.717, 1.165) is 61.8 Å². The molecule has 2 aliphatic heterocycles. The van der Waals surface area contributed by atoms with Gasteiger partial charge in [-0.25, -0.2) is 14.4 Å². The monoisotopic (exact) mass is 479 g/mol. The summed E-state index contributed by atoms with van der Waals surface area (Å²) >= 11 is 5.93. The minimum Gasteiger partial charge on any atom is -0.368 e. The molecule has 0 bridgehead atoms. The third-order valence-corrected chi connectivity index (χ3v) is 7.04. The van der Waals surface area contributed by atoms with Crippen molar-refractivity contribution in [3.05, 3.63) is 71.8 Å². The first-order valence-corrected chi connectivity index (χ1v) is 12.1. The Bertz CT molecular complexity index is 1140. The van der Waals surface area contributed by atoms with E-state index in [1.807, 2.05) is 41.3 Å². The highest BCUT2D eigenvalue weighted by molar-refractivity contribution is 6.31. The van der Waals surface area contributed by atoms with Crippen molar-refractivity contribution in [2.75, 3.05) is 49.1 Å². The van der Waals surface area contributed by atoms with Gasteiger partial charge in [-0.3, -0.25) is 4.79 Å². The molecule has 0 saturated carbocycles. The van der Waals surface area contributed by atoms with Crippen molar-refractivity contribution in [3.63, 3.8) is 0 Å². The minimum absolute atomic E-state index is 0.0403. The zero-order valence-corrected chi connectivity index (χ0v) is 19.7. The highest BCUT2D eigenvalue weighted by atomic mass is 35.5. The van der Waals surface area contributed by atoms with Crippen LogP contribution in [0.15, 0.2) is 60.9 Å². The van der Waals surface area contributed by atoms with Gasteiger partial charge in [-0.2, -0.15) is 0 Å². The van der Waals surface area contributed by atoms with Crippen molar-refractivity contribution in [2.45, 2.75) is 12.8 Å². The molecule has 0 aliphatic carbocycles. The van der Waals surface area contributed by atoms with Gasteiger partial charge in [0.05, 0.1) is 10.7 Å². The van der Waals surface area contributed by atoms with E-state index in [4.69, 9.17) is 11.6 Å². The summed E-state index contributed by atoms with van der Waals surface area (Å²) in [5.41, 5.74) is 2.87. The maximum atomic E-state index is 13.5. The number of nitrogens with zero attached hydrogens (tertiary/aromatic N) is 5. The number of anilines is 2. The van der Waals surface area contributed by atoms with Gasteiger partial charge >= 0.3 is 0 Å². The van der Waals surface area contributed by atoms with E-state index in [1.54, 1.807) is 18.5 Å². The summed E-state index contributed by atoms with van der Waals surface area (Å²) in [5.74, 6) is 0.776. The highest BCUT2D eigenvalue weighted by Crippen LogP contribution is 2.27. The van der Waals surface area contributed by atoms with Crippen LogP contribution in [0.3, 0.4) is 0 Å². The van der Waals surface area contributed by atoms with Gasteiger partial charge in [0, 0.05) is 62.5 Å². The van der Waals surface area contributed by atoms with E-state index in [0.29, 0.717) is 13.1 Å². The molecule has 2 saturated heterocycles. The van der Waals surface area contributed by atoms with Gasteiger partial charge in [0.15, 0.2) is 0 Å². The summed E-state index contributed by atoms with van der Waals surface area (Å²) in [5, 5.41) is 0.127. The van der Waals surface area contributed by atoms with Gasteiger partial charge in [-0.15, -0.1) is 0 Å². The second-order valence-electron chi connectivity index (χ2n) is 8.80. The van der Waals surface area contributed by atoms with Crippen molar-refractivity contribution in [3.8, 4) is 11.3 Å². The summed E-state index contributed by atoms with van der Waals surface area (Å²) in [7, 11) is 0. The smallest absolute Gasteiger partial charge is 0.225 e. The summed E-state index contributed by atoms with van der Waals surface area (Å²) in [6.45, 7) is 4.37. The minimum atomic E-state index is -0.413. The fourth-order valence-electron chi connectivity index (χ4n) is 4.77. The topological polar surface area (TPSA) is 52.6 Å². The summed E-state index contributed by atoms with van der Waals surface area (Å²) < 4.78 is 13.5. The number of piperidine rings is 1. The maximum Gasteiger partial charge on any atom is 0.225 e. The Morgan fingerprint density at radius 3 is 2.32 bits per heavy atom. The molecule has 2 aliphatic rings. The third kappa shape index (κ3) is 4.85. The lowest BCUT2D eigenvalue weighted by Crippen LogP contribution is -2.51. The Morgan fingerprint density at radius 1 is 0.882 bits per heavy atom. The normalized spacial score (nSPS) is 17.2. The molecule has 6 nitrogen and oxygen atoms in total. The molecule has 0 unspecified atom stereocenters. The van der Waals surface area contributed by atoms with E-state index < -0.39 is 5.82 Å². The molecule has 3 aromatic rings. The Morgan fingerprint density at radius 2 is 1.62 bits per heavy atom. The van der Waals surface area contributed by atoms with Crippen LogP contribution >= 0.6 is 11.6 Å². The van der Waals surface area contributed by atoms with E-state index in [-0.39, 0.29) is 16.8 Å². The van der Waals surface area contributed by atoms with Crippen LogP contribution in [0.4, 0.5) is 15.9 Å². The third-order valence-electron chi connectivity index (χ3n) is 6.75. The van der Waals surface area contributed by atoms with Crippen LogP contribution in [-0.4, -0.2) is 60.0 Å². The zero-order valence-electron chi connectivity index (χ0n) is 18.9. The molecule has 0 radical (unpaired) electrons. The number of hydrogen-bond acceptors (Lipinski definition) is 5. The van der Waals surface area contributed by atoms with Crippen LogP contribution in [-0.2, 0) is 4.79 Å². The SMILES string of the molecule is O=C(C1CCN(c2cc(-c3ccccc3)ncn2)CC1)N1CCN(c2ccc(F)c(Cl)c2)CC1. The molecular weight excluding hydrogens is 453 g/mol. The predicted molar refractivity (Wildman–Crippen MR) is 133 cm³/mol. The molecule has 176 valence electrons. The first kappa shape index (κ1) is 22.6. The van der Waals surface area contributed by atoms with Gasteiger partial charge < -0.3 is 14.7 Å². The number of benzene rings is 2. The first-order chi connectivity index (χ1) is 16.6. The lowest BCUT2D eigenvalue weighted by molar-refractivity contribution is -0.136. The van der Waals surface area contributed by atoms with Crippen molar-refractivity contribution >= 4 is 29.0 Å². The van der Waals surface area contributed by atoms with E-state index in [1.165, 1.54) is 6.07 Å². The van der Waals surface area contributed by atoms with Crippen LogP contribution in [0.5, 0.6) is 0 Å². The number of amides is 1. The van der Waals surface area contributed by atoms with E-state index >= 15 is 0 Å². The van der Waals surface area contributed by atoms with Crippen LogP contribution < -0.4 is 9.80 Å². The van der Waals surface area contributed by atoms with Crippen molar-refractivity contribution < 1.29 is 9.18 Å². The molecule has 34 heavy (non-hydrogen) atoms. The summed E-state index contributed by atoms with van der Waals surface area (Å²) in [6.07, 6.45) is 3.25. The van der Waals surface area contributed by atoms with Crippen molar-refractivity contribution in [1.82, 2.24) is 14.9 Å². The molecule has 0 N–H and O–H groups in total. The lowest BCUT2D eigenvalue weighted by Gasteiger charge is -2.39. The van der Waals surface area contributed by atoms with Gasteiger partial charge in [-0.05, 0) is 31.0 Å². The van der Waals surface area contributed by atoms with E-state index in [9.17, 15) is 9.18 Å². The van der Waals surface area contributed by atoms with Crippen molar-refractivity contribution in [1.29, 1.82) is 0 Å². The van der Waals surface area contributed by atoms with Gasteiger partial charge in [0.2, 0.25) is 5.91 Å². The van der Waals surface area contributed by atoms with Crippen LogP contribution in [0.1, 0.15) is 12.8 Å².